The maximum Gasteiger partial charge on any atom is 0.235 e. The molecule has 0 bridgehead atoms. The van der Waals surface area contributed by atoms with Crippen LogP contribution in [0.15, 0.2) is 133 Å². The van der Waals surface area contributed by atoms with Crippen LogP contribution in [0, 0.1) is 0 Å². The summed E-state index contributed by atoms with van der Waals surface area (Å²) < 4.78 is 4.74. The first-order valence-electron chi connectivity index (χ1n) is 16.4. The van der Waals surface area contributed by atoms with Crippen molar-refractivity contribution >= 4 is 81.6 Å². The van der Waals surface area contributed by atoms with Crippen LogP contribution in [0.3, 0.4) is 0 Å². The van der Waals surface area contributed by atoms with Crippen molar-refractivity contribution in [3.05, 3.63) is 145 Å². The van der Waals surface area contributed by atoms with E-state index in [1.807, 2.05) is 36.4 Å². The first kappa shape index (κ1) is 24.9. The molecular weight excluding hydrogens is 589 g/mol. The minimum Gasteiger partial charge on any atom is -0.384 e. The summed E-state index contributed by atoms with van der Waals surface area (Å²) in [6.45, 7) is 0. The number of aromatic nitrogens is 4. The largest absolute Gasteiger partial charge is 0.384 e. The Labute approximate surface area is 272 Å². The van der Waals surface area contributed by atoms with E-state index in [0.29, 0.717) is 5.95 Å². The highest BCUT2D eigenvalue weighted by molar-refractivity contribution is 6.37. The summed E-state index contributed by atoms with van der Waals surface area (Å²) in [7, 11) is 0. The van der Waals surface area contributed by atoms with Gasteiger partial charge in [-0.25, -0.2) is 9.97 Å². The van der Waals surface area contributed by atoms with Crippen LogP contribution in [0.5, 0.6) is 0 Å². The smallest absolute Gasteiger partial charge is 0.235 e. The van der Waals surface area contributed by atoms with Gasteiger partial charge in [0.15, 0.2) is 0 Å². The highest BCUT2D eigenvalue weighted by Gasteiger charge is 2.29. The molecule has 7 aromatic carbocycles. The van der Waals surface area contributed by atoms with E-state index < -0.39 is 6.10 Å². The Kier molecular flexibility index (Phi) is 4.42. The number of nitrogens with zero attached hydrogens (tertiary/aromatic N) is 4. The molecule has 0 saturated heterocycles. The normalized spacial score (nSPS) is 14.6. The lowest BCUT2D eigenvalue weighted by atomic mass is 9.86. The average Bonchev–Trinajstić information content (AvgIpc) is 3.78. The Balaban J connectivity index is 1.32. The highest BCUT2D eigenvalue weighted by Crippen LogP contribution is 2.48. The van der Waals surface area contributed by atoms with Crippen LogP contribution in [-0.2, 0) is 0 Å². The molecule has 12 rings (SSSR count). The molecule has 0 radical (unpaired) electrons. The van der Waals surface area contributed by atoms with Gasteiger partial charge in [0.2, 0.25) is 5.95 Å². The minimum atomic E-state index is -0.717. The zero-order valence-corrected chi connectivity index (χ0v) is 25.5. The lowest BCUT2D eigenvalue weighted by Crippen LogP contribution is -2.12. The van der Waals surface area contributed by atoms with E-state index in [9.17, 15) is 5.11 Å². The molecule has 5 heteroatoms. The van der Waals surface area contributed by atoms with Crippen molar-refractivity contribution in [3.8, 4) is 17.2 Å². The fraction of sp³-hybridized carbons (Fsp3) is 0.0233. The molecule has 1 unspecified atom stereocenters. The lowest BCUT2D eigenvalue weighted by molar-refractivity contribution is 0.221. The van der Waals surface area contributed by atoms with Gasteiger partial charge in [0.05, 0.1) is 38.8 Å². The second kappa shape index (κ2) is 8.53. The third-order valence-electron chi connectivity index (χ3n) is 10.7. The lowest BCUT2D eigenvalue weighted by Gasteiger charge is -2.24. The molecule has 1 aliphatic rings. The van der Waals surface area contributed by atoms with Crippen LogP contribution in [-0.4, -0.2) is 24.0 Å². The van der Waals surface area contributed by atoms with Crippen LogP contribution in [0.2, 0.25) is 0 Å². The second-order valence-corrected chi connectivity index (χ2v) is 13.0. The van der Waals surface area contributed by atoms with E-state index in [0.717, 1.165) is 44.3 Å². The maximum absolute atomic E-state index is 11.4. The van der Waals surface area contributed by atoms with Crippen molar-refractivity contribution in [2.45, 2.75) is 6.10 Å². The van der Waals surface area contributed by atoms with E-state index in [-0.39, 0.29) is 0 Å². The van der Waals surface area contributed by atoms with Crippen LogP contribution in [0.25, 0.3) is 98.8 Å². The van der Waals surface area contributed by atoms with Crippen molar-refractivity contribution in [2.75, 3.05) is 0 Å². The van der Waals surface area contributed by atoms with Gasteiger partial charge in [-0.05, 0) is 40.8 Å². The zero-order valence-electron chi connectivity index (χ0n) is 25.5. The van der Waals surface area contributed by atoms with Gasteiger partial charge in [0.1, 0.15) is 6.10 Å². The molecule has 0 amide bonds. The molecule has 48 heavy (non-hydrogen) atoms. The standard InChI is InChI=1S/C43H24N4O/c48-42-27-14-4-3-13-26(27)39-36-30(42)16-9-17-32(36)44-43(45-39)46-34-19-8-6-15-28(34)37-35(46)22-31-25-12-5-7-18-33(25)47-40-24-11-2-1-10-23(24)20-21-29(40)38(37)41(31)47/h1-22,42,48H. The fourth-order valence-corrected chi connectivity index (χ4v) is 8.82. The molecule has 1 atom stereocenters. The van der Waals surface area contributed by atoms with Crippen LogP contribution >= 0.6 is 0 Å². The van der Waals surface area contributed by atoms with Gasteiger partial charge < -0.3 is 9.51 Å². The number of hydrogen-bond acceptors (Lipinski definition) is 3. The van der Waals surface area contributed by atoms with E-state index >= 15 is 0 Å². The summed E-state index contributed by atoms with van der Waals surface area (Å²) in [4.78, 5) is 10.6. The fourth-order valence-electron chi connectivity index (χ4n) is 8.82. The Hall–Kier alpha value is -6.30. The summed E-state index contributed by atoms with van der Waals surface area (Å²) in [6, 6.07) is 47.1. The zero-order chi connectivity index (χ0) is 31.2. The average molecular weight is 613 g/mol. The van der Waals surface area contributed by atoms with Gasteiger partial charge in [-0.1, -0.05) is 109 Å². The first-order valence-corrected chi connectivity index (χ1v) is 16.4. The van der Waals surface area contributed by atoms with Gasteiger partial charge in [-0.2, -0.15) is 0 Å². The number of fused-ring (bicyclic) bond motifs is 14. The number of rotatable bonds is 1. The van der Waals surface area contributed by atoms with Gasteiger partial charge in [-0.15, -0.1) is 0 Å². The van der Waals surface area contributed by atoms with Crippen molar-refractivity contribution in [2.24, 2.45) is 0 Å². The predicted molar refractivity (Wildman–Crippen MR) is 196 cm³/mol. The molecule has 0 spiro atoms. The highest BCUT2D eigenvalue weighted by atomic mass is 16.3. The number of aliphatic hydroxyl groups is 1. The molecule has 1 aliphatic carbocycles. The molecule has 4 aromatic heterocycles. The van der Waals surface area contributed by atoms with Crippen molar-refractivity contribution < 1.29 is 5.11 Å². The molecule has 222 valence electrons. The summed E-state index contributed by atoms with van der Waals surface area (Å²) in [5, 5.41) is 22.1. The Morgan fingerprint density at radius 3 is 2.17 bits per heavy atom. The van der Waals surface area contributed by atoms with E-state index in [4.69, 9.17) is 9.97 Å². The van der Waals surface area contributed by atoms with Gasteiger partial charge in [-0.3, -0.25) is 4.57 Å². The van der Waals surface area contributed by atoms with Crippen LogP contribution in [0.1, 0.15) is 17.2 Å². The van der Waals surface area contributed by atoms with Crippen LogP contribution < -0.4 is 0 Å². The molecule has 0 aliphatic heterocycles. The number of hydrogen-bond donors (Lipinski definition) is 1. The minimum absolute atomic E-state index is 0.624. The van der Waals surface area contributed by atoms with E-state index in [2.05, 4.69) is 106 Å². The van der Waals surface area contributed by atoms with Gasteiger partial charge in [0.25, 0.3) is 0 Å². The molecule has 0 saturated carbocycles. The molecule has 5 nitrogen and oxygen atoms in total. The summed E-state index contributed by atoms with van der Waals surface area (Å²) in [5.74, 6) is 0.624. The number of para-hydroxylation sites is 2. The Bertz CT molecular complexity index is 3200. The predicted octanol–water partition coefficient (Wildman–Crippen LogP) is 10.1. The summed E-state index contributed by atoms with van der Waals surface area (Å²) in [6.07, 6.45) is -0.717. The topological polar surface area (TPSA) is 55.4 Å². The van der Waals surface area contributed by atoms with E-state index in [1.165, 1.54) is 59.6 Å². The molecule has 0 fully saturated rings. The molecular formula is C43H24N4O. The van der Waals surface area contributed by atoms with Crippen molar-refractivity contribution in [3.63, 3.8) is 0 Å². The molecule has 1 N–H and O–H groups in total. The van der Waals surface area contributed by atoms with Crippen molar-refractivity contribution in [1.29, 1.82) is 0 Å². The van der Waals surface area contributed by atoms with Gasteiger partial charge >= 0.3 is 0 Å². The number of aliphatic hydroxyl groups excluding tert-OH is 1. The van der Waals surface area contributed by atoms with Gasteiger partial charge in [0, 0.05) is 48.7 Å². The second-order valence-electron chi connectivity index (χ2n) is 13.0. The SMILES string of the molecule is OC1c2ccccc2-c2nc(-n3c4ccccc4c4c5c6ccc7ccccc7c6n6c7ccccc7c(cc43)c56)nc3cccc1c23. The third kappa shape index (κ3) is 2.84. The maximum atomic E-state index is 11.4. The Morgan fingerprint density at radius 1 is 0.500 bits per heavy atom. The summed E-state index contributed by atoms with van der Waals surface area (Å²) in [5.41, 5.74) is 10.2. The Morgan fingerprint density at radius 2 is 1.25 bits per heavy atom. The molecule has 4 heterocycles. The monoisotopic (exact) mass is 612 g/mol. The third-order valence-corrected chi connectivity index (χ3v) is 10.7. The van der Waals surface area contributed by atoms with Crippen LogP contribution in [0.4, 0.5) is 0 Å². The quantitative estimate of drug-likeness (QED) is 0.201. The summed E-state index contributed by atoms with van der Waals surface area (Å²) >= 11 is 0. The molecule has 11 aromatic rings. The van der Waals surface area contributed by atoms with Crippen molar-refractivity contribution in [1.82, 2.24) is 18.9 Å². The first-order chi connectivity index (χ1) is 23.8. The number of benzene rings is 7. The van der Waals surface area contributed by atoms with E-state index in [1.54, 1.807) is 0 Å².